The summed E-state index contributed by atoms with van der Waals surface area (Å²) in [7, 11) is 0. The van der Waals surface area contributed by atoms with Gasteiger partial charge in [0, 0.05) is 56.7 Å². The average Bonchev–Trinajstić information content (AvgIpc) is 3.07. The number of rotatable bonds is 4. The topological polar surface area (TPSA) is 38.8 Å². The molecule has 1 fully saturated rings. The minimum absolute atomic E-state index is 0.0842. The van der Waals surface area contributed by atoms with Crippen LogP contribution in [0.1, 0.15) is 24.3 Å². The van der Waals surface area contributed by atoms with Crippen LogP contribution in [0.2, 0.25) is 0 Å². The molecule has 2 amide bonds. The number of hydrogen-bond donors (Lipinski definition) is 1. The maximum Gasteiger partial charge on any atom is 0.317 e. The van der Waals surface area contributed by atoms with Crippen LogP contribution >= 0.6 is 11.3 Å². The molecule has 2 aliphatic rings. The summed E-state index contributed by atoms with van der Waals surface area (Å²) in [5, 5.41) is 5.26. The van der Waals surface area contributed by atoms with Crippen LogP contribution in [0.3, 0.4) is 0 Å². The van der Waals surface area contributed by atoms with Gasteiger partial charge in [0.05, 0.1) is 0 Å². The average molecular weight is 337 g/mol. The van der Waals surface area contributed by atoms with E-state index in [1.807, 2.05) is 16.2 Å². The highest BCUT2D eigenvalue weighted by Crippen LogP contribution is 2.23. The fourth-order valence-electron chi connectivity index (χ4n) is 3.42. The van der Waals surface area contributed by atoms with Gasteiger partial charge < -0.3 is 15.1 Å². The Morgan fingerprint density at radius 1 is 1.30 bits per heavy atom. The van der Waals surface area contributed by atoms with Crippen molar-refractivity contribution in [2.24, 2.45) is 0 Å². The van der Waals surface area contributed by atoms with E-state index in [9.17, 15) is 4.79 Å². The van der Waals surface area contributed by atoms with E-state index >= 15 is 0 Å². The molecule has 1 N–H and O–H groups in total. The molecular weight excluding hydrogens is 308 g/mol. The van der Waals surface area contributed by atoms with E-state index in [4.69, 9.17) is 0 Å². The van der Waals surface area contributed by atoms with E-state index in [-0.39, 0.29) is 6.03 Å². The Kier molecular flexibility index (Phi) is 5.56. The minimum Gasteiger partial charge on any atom is -0.336 e. The molecule has 3 rings (SSSR count). The fourth-order valence-corrected chi connectivity index (χ4v) is 4.31. The molecule has 0 radical (unpaired) electrons. The van der Waals surface area contributed by atoms with Crippen LogP contribution in [-0.4, -0.2) is 72.6 Å². The zero-order valence-corrected chi connectivity index (χ0v) is 15.1. The van der Waals surface area contributed by atoms with E-state index in [0.717, 1.165) is 58.8 Å². The van der Waals surface area contributed by atoms with Crippen LogP contribution in [0.5, 0.6) is 0 Å². The molecule has 128 valence electrons. The van der Waals surface area contributed by atoms with Crippen LogP contribution in [-0.2, 0) is 13.0 Å². The van der Waals surface area contributed by atoms with Crippen LogP contribution in [0.25, 0.3) is 0 Å². The number of carbonyl (C=O) groups excluding carboxylic acids is 1. The van der Waals surface area contributed by atoms with Crippen LogP contribution in [0.4, 0.5) is 4.79 Å². The number of carbonyl (C=O) groups is 1. The van der Waals surface area contributed by atoms with E-state index in [1.54, 1.807) is 0 Å². The highest BCUT2D eigenvalue weighted by molar-refractivity contribution is 7.10. The van der Waals surface area contributed by atoms with Crippen molar-refractivity contribution in [3.63, 3.8) is 0 Å². The first-order chi connectivity index (χ1) is 11.2. The maximum atomic E-state index is 12.4. The van der Waals surface area contributed by atoms with Gasteiger partial charge in [-0.1, -0.05) is 6.92 Å². The zero-order chi connectivity index (χ0) is 16.2. The van der Waals surface area contributed by atoms with Gasteiger partial charge in [-0.2, -0.15) is 0 Å². The molecule has 1 aromatic heterocycles. The molecule has 6 heteroatoms. The number of piperazine rings is 1. The predicted octanol–water partition coefficient (Wildman–Crippen LogP) is 1.84. The van der Waals surface area contributed by atoms with Gasteiger partial charge in [0.25, 0.3) is 0 Å². The number of urea groups is 1. The summed E-state index contributed by atoms with van der Waals surface area (Å²) in [5.74, 6) is 0. The first-order valence-corrected chi connectivity index (χ1v) is 9.59. The molecule has 0 bridgehead atoms. The van der Waals surface area contributed by atoms with Gasteiger partial charge in [-0.05, 0) is 36.9 Å². The number of fused-ring (bicyclic) bond motifs is 1. The monoisotopic (exact) mass is 336 g/mol. The Morgan fingerprint density at radius 2 is 2.09 bits per heavy atom. The smallest absolute Gasteiger partial charge is 0.317 e. The Hall–Kier alpha value is -1.11. The van der Waals surface area contributed by atoms with Crippen molar-refractivity contribution in [3.05, 3.63) is 21.9 Å². The summed E-state index contributed by atoms with van der Waals surface area (Å²) in [5.41, 5.74) is 1.32. The van der Waals surface area contributed by atoms with Crippen molar-refractivity contribution in [3.8, 4) is 0 Å². The molecule has 1 aromatic rings. The molecule has 23 heavy (non-hydrogen) atoms. The second-order valence-electron chi connectivity index (χ2n) is 6.55. The van der Waals surface area contributed by atoms with Gasteiger partial charge in [-0.3, -0.25) is 4.90 Å². The van der Waals surface area contributed by atoms with Gasteiger partial charge >= 0.3 is 6.03 Å². The summed E-state index contributed by atoms with van der Waals surface area (Å²) in [4.78, 5) is 20.8. The SMILES string of the molecule is CCN1CCN([C@H](C)CNC(=O)N2CCc3sccc3C2)CC1. The number of nitrogens with one attached hydrogen (secondary N) is 1. The molecule has 1 saturated heterocycles. The standard InChI is InChI=1S/C17H28N4OS/c1-3-19-7-9-20(10-8-19)14(2)12-18-17(22)21-6-4-16-15(13-21)5-11-23-16/h5,11,14H,3-4,6-10,12-13H2,1-2H3,(H,18,22)/t14-/m1/s1. The van der Waals surface area contributed by atoms with Crippen molar-refractivity contribution < 1.29 is 4.79 Å². The largest absolute Gasteiger partial charge is 0.336 e. The lowest BCUT2D eigenvalue weighted by Crippen LogP contribution is -2.53. The fraction of sp³-hybridized carbons (Fsp3) is 0.706. The van der Waals surface area contributed by atoms with Gasteiger partial charge in [0.15, 0.2) is 0 Å². The molecule has 5 nitrogen and oxygen atoms in total. The number of amides is 2. The third-order valence-electron chi connectivity index (χ3n) is 5.12. The third-order valence-corrected chi connectivity index (χ3v) is 6.14. The highest BCUT2D eigenvalue weighted by atomic mass is 32.1. The van der Waals surface area contributed by atoms with Gasteiger partial charge in [0.1, 0.15) is 0 Å². The van der Waals surface area contributed by atoms with Gasteiger partial charge in [-0.15, -0.1) is 11.3 Å². The summed E-state index contributed by atoms with van der Waals surface area (Å²) in [6.45, 7) is 12.4. The second kappa shape index (κ2) is 7.64. The van der Waals surface area contributed by atoms with Crippen LogP contribution in [0.15, 0.2) is 11.4 Å². The first kappa shape index (κ1) is 16.7. The minimum atomic E-state index is 0.0842. The Balaban J connectivity index is 1.42. The Morgan fingerprint density at radius 3 is 2.83 bits per heavy atom. The van der Waals surface area contributed by atoms with E-state index in [1.165, 1.54) is 10.4 Å². The van der Waals surface area contributed by atoms with Crippen molar-refractivity contribution >= 4 is 17.4 Å². The number of hydrogen-bond acceptors (Lipinski definition) is 4. The molecule has 0 aliphatic carbocycles. The molecule has 1 atom stereocenters. The molecule has 0 spiro atoms. The quantitative estimate of drug-likeness (QED) is 0.912. The van der Waals surface area contributed by atoms with E-state index in [0.29, 0.717) is 6.04 Å². The third kappa shape index (κ3) is 4.05. The molecule has 2 aliphatic heterocycles. The Labute approximate surface area is 143 Å². The second-order valence-corrected chi connectivity index (χ2v) is 7.55. The van der Waals surface area contributed by atoms with Gasteiger partial charge in [-0.25, -0.2) is 4.79 Å². The van der Waals surface area contributed by atoms with Crippen molar-refractivity contribution in [1.29, 1.82) is 0 Å². The van der Waals surface area contributed by atoms with Crippen LogP contribution in [0, 0.1) is 0 Å². The van der Waals surface area contributed by atoms with Crippen LogP contribution < -0.4 is 5.32 Å². The normalized spacial score (nSPS) is 21.0. The Bertz CT molecular complexity index is 524. The molecule has 0 aromatic carbocycles. The molecular formula is C17H28N4OS. The van der Waals surface area contributed by atoms with Crippen molar-refractivity contribution in [2.75, 3.05) is 45.8 Å². The molecule has 3 heterocycles. The molecule has 0 unspecified atom stereocenters. The van der Waals surface area contributed by atoms with Gasteiger partial charge in [0.2, 0.25) is 0 Å². The summed E-state index contributed by atoms with van der Waals surface area (Å²) < 4.78 is 0. The lowest BCUT2D eigenvalue weighted by atomic mass is 10.1. The van der Waals surface area contributed by atoms with Crippen molar-refractivity contribution in [1.82, 2.24) is 20.0 Å². The summed E-state index contributed by atoms with van der Waals surface area (Å²) in [6.07, 6.45) is 0.995. The first-order valence-electron chi connectivity index (χ1n) is 8.71. The lowest BCUT2D eigenvalue weighted by molar-refractivity contribution is 0.105. The number of likely N-dealkylation sites (N-methyl/N-ethyl adjacent to an activating group) is 1. The highest BCUT2D eigenvalue weighted by Gasteiger charge is 2.23. The van der Waals surface area contributed by atoms with E-state index < -0.39 is 0 Å². The predicted molar refractivity (Wildman–Crippen MR) is 95.0 cm³/mol. The number of thiophene rings is 1. The number of nitrogens with zero attached hydrogens (tertiary/aromatic N) is 3. The lowest BCUT2D eigenvalue weighted by Gasteiger charge is -2.38. The zero-order valence-electron chi connectivity index (χ0n) is 14.3. The summed E-state index contributed by atoms with van der Waals surface area (Å²) >= 11 is 1.81. The molecule has 0 saturated carbocycles. The van der Waals surface area contributed by atoms with E-state index in [2.05, 4.69) is 40.4 Å². The maximum absolute atomic E-state index is 12.4. The summed E-state index contributed by atoms with van der Waals surface area (Å²) in [6, 6.07) is 2.63. The van der Waals surface area contributed by atoms with Crippen molar-refractivity contribution in [2.45, 2.75) is 32.9 Å².